The van der Waals surface area contributed by atoms with Crippen LogP contribution in [0.5, 0.6) is 0 Å². The molecule has 0 amide bonds. The molecule has 2 rings (SSSR count). The summed E-state index contributed by atoms with van der Waals surface area (Å²) in [6.45, 7) is 2.16. The summed E-state index contributed by atoms with van der Waals surface area (Å²) in [7, 11) is 0. The Balaban J connectivity index is 2.01. The number of nitrogens with two attached hydrogens (primary N) is 1. The van der Waals surface area contributed by atoms with Crippen molar-refractivity contribution in [3.8, 4) is 0 Å². The van der Waals surface area contributed by atoms with Gasteiger partial charge < -0.3 is 0 Å². The number of hydrogen-bond donors (Lipinski definition) is 2. The molecule has 1 aromatic rings. The van der Waals surface area contributed by atoms with Crippen molar-refractivity contribution in [2.24, 2.45) is 11.8 Å². The lowest BCUT2D eigenvalue weighted by Gasteiger charge is -2.29. The summed E-state index contributed by atoms with van der Waals surface area (Å²) in [6.07, 6.45) is 5.39. The van der Waals surface area contributed by atoms with Crippen LogP contribution < -0.4 is 11.3 Å². The van der Waals surface area contributed by atoms with Gasteiger partial charge in [0.05, 0.1) is 0 Å². The molecule has 0 radical (unpaired) electrons. The topological polar surface area (TPSA) is 38.0 Å². The Morgan fingerprint density at radius 2 is 2.36 bits per heavy atom. The maximum atomic E-state index is 5.61. The minimum atomic E-state index is 0.367. The van der Waals surface area contributed by atoms with E-state index in [1.165, 1.54) is 36.8 Å². The lowest BCUT2D eigenvalue weighted by atomic mass is 9.80. The highest BCUT2D eigenvalue weighted by molar-refractivity contribution is 7.08. The van der Waals surface area contributed by atoms with E-state index in [0.29, 0.717) is 6.04 Å². The van der Waals surface area contributed by atoms with Gasteiger partial charge in [-0.3, -0.25) is 11.3 Å². The molecule has 0 spiro atoms. The largest absolute Gasteiger partial charge is 0.271 e. The molecule has 78 valence electrons. The second kappa shape index (κ2) is 4.43. The Morgan fingerprint density at radius 3 is 2.79 bits per heavy atom. The summed E-state index contributed by atoms with van der Waals surface area (Å²) in [5, 5.41) is 4.42. The molecule has 1 heterocycles. The van der Waals surface area contributed by atoms with E-state index in [0.717, 1.165) is 5.92 Å². The lowest BCUT2D eigenvalue weighted by molar-refractivity contribution is 0.262. The molecule has 3 N–H and O–H groups in total. The number of thiophene rings is 1. The monoisotopic (exact) mass is 210 g/mol. The zero-order chi connectivity index (χ0) is 9.97. The predicted molar refractivity (Wildman–Crippen MR) is 61.1 cm³/mol. The number of hydrazine groups is 1. The van der Waals surface area contributed by atoms with Gasteiger partial charge in [-0.05, 0) is 41.1 Å². The molecule has 14 heavy (non-hydrogen) atoms. The number of rotatable bonds is 4. The molecule has 1 fully saturated rings. The van der Waals surface area contributed by atoms with Crippen molar-refractivity contribution in [3.63, 3.8) is 0 Å². The predicted octanol–water partition coefficient (Wildman–Crippen LogP) is 2.75. The fourth-order valence-corrected chi connectivity index (χ4v) is 2.98. The number of aryl methyl sites for hydroxylation is 1. The van der Waals surface area contributed by atoms with Gasteiger partial charge in [0, 0.05) is 6.04 Å². The van der Waals surface area contributed by atoms with Crippen molar-refractivity contribution >= 4 is 11.3 Å². The highest BCUT2D eigenvalue weighted by atomic mass is 32.1. The number of nitrogens with one attached hydrogen (secondary N) is 1. The van der Waals surface area contributed by atoms with E-state index in [2.05, 4.69) is 23.1 Å². The molecule has 1 aliphatic rings. The van der Waals surface area contributed by atoms with E-state index in [-0.39, 0.29) is 0 Å². The third-order valence-corrected chi connectivity index (χ3v) is 4.15. The summed E-state index contributed by atoms with van der Waals surface area (Å²) in [5.41, 5.74) is 5.72. The minimum Gasteiger partial charge on any atom is -0.271 e. The van der Waals surface area contributed by atoms with E-state index < -0.39 is 0 Å². The maximum Gasteiger partial charge on any atom is 0.0473 e. The molecule has 1 unspecified atom stereocenters. The molecular formula is C11H18N2S. The average molecular weight is 210 g/mol. The molecule has 0 aromatic carbocycles. The molecule has 1 atom stereocenters. The first-order valence-corrected chi connectivity index (χ1v) is 6.24. The van der Waals surface area contributed by atoms with Gasteiger partial charge in [0.25, 0.3) is 0 Å². The van der Waals surface area contributed by atoms with Gasteiger partial charge in [0.2, 0.25) is 0 Å². The van der Waals surface area contributed by atoms with Crippen LogP contribution >= 0.6 is 11.3 Å². The van der Waals surface area contributed by atoms with E-state index in [9.17, 15) is 0 Å². The highest BCUT2D eigenvalue weighted by Crippen LogP contribution is 2.35. The van der Waals surface area contributed by atoms with Gasteiger partial charge in [-0.2, -0.15) is 11.3 Å². The van der Waals surface area contributed by atoms with Crippen molar-refractivity contribution in [2.75, 3.05) is 0 Å². The molecule has 1 saturated carbocycles. The summed E-state index contributed by atoms with van der Waals surface area (Å²) >= 11 is 1.77. The molecule has 0 saturated heterocycles. The first-order chi connectivity index (χ1) is 6.81. The third kappa shape index (κ3) is 2.00. The molecule has 1 aromatic heterocycles. The van der Waals surface area contributed by atoms with E-state index >= 15 is 0 Å². The Labute approximate surface area is 89.5 Å². The standard InChI is InChI=1S/C11H18N2S/c1-8-6-14-7-10(8)11(13-12)5-9-3-2-4-9/h6-7,9,11,13H,2-5,12H2,1H3. The van der Waals surface area contributed by atoms with Gasteiger partial charge >= 0.3 is 0 Å². The SMILES string of the molecule is Cc1cscc1C(CC1CCC1)NN. The molecule has 0 aliphatic heterocycles. The lowest BCUT2D eigenvalue weighted by Crippen LogP contribution is -2.31. The van der Waals surface area contributed by atoms with Crippen LogP contribution in [0, 0.1) is 12.8 Å². The smallest absolute Gasteiger partial charge is 0.0473 e. The minimum absolute atomic E-state index is 0.367. The zero-order valence-corrected chi connectivity index (χ0v) is 9.44. The summed E-state index contributed by atoms with van der Waals surface area (Å²) in [4.78, 5) is 0. The summed E-state index contributed by atoms with van der Waals surface area (Å²) in [6, 6.07) is 0.367. The van der Waals surface area contributed by atoms with Crippen molar-refractivity contribution in [3.05, 3.63) is 21.9 Å². The zero-order valence-electron chi connectivity index (χ0n) is 8.62. The van der Waals surface area contributed by atoms with Crippen molar-refractivity contribution in [1.29, 1.82) is 0 Å². The second-order valence-electron chi connectivity index (χ2n) is 4.26. The molecule has 3 heteroatoms. The van der Waals surface area contributed by atoms with Gasteiger partial charge in [-0.1, -0.05) is 19.3 Å². The van der Waals surface area contributed by atoms with Gasteiger partial charge in [0.1, 0.15) is 0 Å². The molecule has 0 bridgehead atoms. The van der Waals surface area contributed by atoms with Crippen molar-refractivity contribution in [2.45, 2.75) is 38.6 Å². The van der Waals surface area contributed by atoms with Crippen molar-refractivity contribution < 1.29 is 0 Å². The van der Waals surface area contributed by atoms with E-state index in [4.69, 9.17) is 5.84 Å². The normalized spacial score (nSPS) is 19.3. The Hall–Kier alpha value is -0.380. The van der Waals surface area contributed by atoms with Crippen LogP contribution in [0.25, 0.3) is 0 Å². The summed E-state index contributed by atoms with van der Waals surface area (Å²) in [5.74, 6) is 6.51. The van der Waals surface area contributed by atoms with E-state index in [1.807, 2.05) is 0 Å². The Bertz CT molecular complexity index is 291. The highest BCUT2D eigenvalue weighted by Gasteiger charge is 2.23. The fraction of sp³-hybridized carbons (Fsp3) is 0.636. The molecular weight excluding hydrogens is 192 g/mol. The van der Waals surface area contributed by atoms with Gasteiger partial charge in [-0.15, -0.1) is 0 Å². The molecule has 2 nitrogen and oxygen atoms in total. The van der Waals surface area contributed by atoms with E-state index in [1.54, 1.807) is 11.3 Å². The first-order valence-electron chi connectivity index (χ1n) is 5.30. The maximum absolute atomic E-state index is 5.61. The fourth-order valence-electron chi connectivity index (χ4n) is 2.07. The van der Waals surface area contributed by atoms with Crippen LogP contribution in [0.15, 0.2) is 10.8 Å². The molecule has 1 aliphatic carbocycles. The average Bonchev–Trinajstić information content (AvgIpc) is 2.51. The second-order valence-corrected chi connectivity index (χ2v) is 5.01. The quantitative estimate of drug-likeness (QED) is 0.592. The third-order valence-electron chi connectivity index (χ3n) is 3.27. The summed E-state index contributed by atoms with van der Waals surface area (Å²) < 4.78 is 0. The van der Waals surface area contributed by atoms with Crippen LogP contribution in [0.4, 0.5) is 0 Å². The van der Waals surface area contributed by atoms with Crippen LogP contribution in [0.2, 0.25) is 0 Å². The first kappa shape index (κ1) is 10.1. The van der Waals surface area contributed by atoms with Crippen LogP contribution in [-0.4, -0.2) is 0 Å². The van der Waals surface area contributed by atoms with Crippen molar-refractivity contribution in [1.82, 2.24) is 5.43 Å². The van der Waals surface area contributed by atoms with Crippen LogP contribution in [0.3, 0.4) is 0 Å². The number of hydrogen-bond acceptors (Lipinski definition) is 3. The van der Waals surface area contributed by atoms with Gasteiger partial charge in [0.15, 0.2) is 0 Å². The Kier molecular flexibility index (Phi) is 3.21. The van der Waals surface area contributed by atoms with Crippen LogP contribution in [-0.2, 0) is 0 Å². The van der Waals surface area contributed by atoms with Gasteiger partial charge in [-0.25, -0.2) is 0 Å². The van der Waals surface area contributed by atoms with Crippen LogP contribution in [0.1, 0.15) is 42.9 Å². The Morgan fingerprint density at radius 1 is 1.57 bits per heavy atom.